The number of hydrogen-bond acceptors (Lipinski definition) is 4. The zero-order valence-corrected chi connectivity index (χ0v) is 12.8. The SMILES string of the molecule is COC(=O)c1ccc(-c2ccccc2)nc1N1CCCCC1. The molecule has 0 bridgehead atoms. The summed E-state index contributed by atoms with van der Waals surface area (Å²) in [6.45, 7) is 1.88. The Morgan fingerprint density at radius 3 is 2.45 bits per heavy atom. The first-order valence-electron chi connectivity index (χ1n) is 7.69. The van der Waals surface area contributed by atoms with E-state index in [0.29, 0.717) is 5.56 Å². The van der Waals surface area contributed by atoms with E-state index < -0.39 is 0 Å². The second-order valence-corrected chi connectivity index (χ2v) is 5.47. The molecule has 1 saturated heterocycles. The molecule has 1 fully saturated rings. The molecule has 2 aromatic rings. The zero-order valence-electron chi connectivity index (χ0n) is 12.8. The van der Waals surface area contributed by atoms with E-state index in [4.69, 9.17) is 9.72 Å². The summed E-state index contributed by atoms with van der Waals surface area (Å²) in [5.41, 5.74) is 2.48. The van der Waals surface area contributed by atoms with Gasteiger partial charge in [0.2, 0.25) is 0 Å². The maximum absolute atomic E-state index is 12.0. The number of aromatic nitrogens is 1. The van der Waals surface area contributed by atoms with Gasteiger partial charge in [-0.15, -0.1) is 0 Å². The summed E-state index contributed by atoms with van der Waals surface area (Å²) in [4.78, 5) is 19.0. The van der Waals surface area contributed by atoms with Crippen LogP contribution >= 0.6 is 0 Å². The van der Waals surface area contributed by atoms with Crippen LogP contribution in [0.3, 0.4) is 0 Å². The molecule has 0 N–H and O–H groups in total. The fraction of sp³-hybridized carbons (Fsp3) is 0.333. The Bertz CT molecular complexity index is 649. The number of pyridine rings is 1. The summed E-state index contributed by atoms with van der Waals surface area (Å²) in [6, 6.07) is 13.7. The van der Waals surface area contributed by atoms with Crippen molar-refractivity contribution in [3.8, 4) is 11.3 Å². The highest BCUT2D eigenvalue weighted by atomic mass is 16.5. The Kier molecular flexibility index (Phi) is 4.37. The standard InChI is InChI=1S/C18H20N2O2/c1-22-18(21)15-10-11-16(14-8-4-2-5-9-14)19-17(15)20-12-6-3-7-13-20/h2,4-5,8-11H,3,6-7,12-13H2,1H3. The van der Waals surface area contributed by atoms with Crippen molar-refractivity contribution in [3.63, 3.8) is 0 Å². The van der Waals surface area contributed by atoms with E-state index in [9.17, 15) is 4.79 Å². The summed E-state index contributed by atoms with van der Waals surface area (Å²) >= 11 is 0. The highest BCUT2D eigenvalue weighted by Gasteiger charge is 2.21. The summed E-state index contributed by atoms with van der Waals surface area (Å²) in [7, 11) is 1.41. The van der Waals surface area contributed by atoms with Gasteiger partial charge in [0, 0.05) is 18.7 Å². The Labute approximate surface area is 130 Å². The first-order chi connectivity index (χ1) is 10.8. The first-order valence-corrected chi connectivity index (χ1v) is 7.69. The van der Waals surface area contributed by atoms with Crippen LogP contribution < -0.4 is 4.90 Å². The number of carbonyl (C=O) groups is 1. The lowest BCUT2D eigenvalue weighted by atomic mass is 10.1. The van der Waals surface area contributed by atoms with E-state index in [2.05, 4.69) is 4.90 Å². The molecule has 0 saturated carbocycles. The van der Waals surface area contributed by atoms with E-state index in [0.717, 1.165) is 43.0 Å². The predicted octanol–water partition coefficient (Wildman–Crippen LogP) is 3.53. The van der Waals surface area contributed by atoms with E-state index in [-0.39, 0.29) is 5.97 Å². The Morgan fingerprint density at radius 2 is 1.77 bits per heavy atom. The van der Waals surface area contributed by atoms with E-state index in [1.54, 1.807) is 0 Å². The smallest absolute Gasteiger partial charge is 0.341 e. The van der Waals surface area contributed by atoms with Crippen LogP contribution in [0.15, 0.2) is 42.5 Å². The van der Waals surface area contributed by atoms with E-state index in [1.807, 2.05) is 42.5 Å². The Hall–Kier alpha value is -2.36. The van der Waals surface area contributed by atoms with Crippen LogP contribution in [0.25, 0.3) is 11.3 Å². The summed E-state index contributed by atoms with van der Waals surface area (Å²) in [5.74, 6) is 0.417. The fourth-order valence-corrected chi connectivity index (χ4v) is 2.83. The van der Waals surface area contributed by atoms with Crippen molar-refractivity contribution in [1.82, 2.24) is 4.98 Å². The van der Waals surface area contributed by atoms with Gasteiger partial charge < -0.3 is 9.64 Å². The maximum Gasteiger partial charge on any atom is 0.341 e. The number of nitrogens with zero attached hydrogens (tertiary/aromatic N) is 2. The summed E-state index contributed by atoms with van der Waals surface area (Å²) < 4.78 is 4.91. The minimum absolute atomic E-state index is 0.326. The van der Waals surface area contributed by atoms with Gasteiger partial charge in [0.25, 0.3) is 0 Å². The van der Waals surface area contributed by atoms with E-state index in [1.165, 1.54) is 13.5 Å². The van der Waals surface area contributed by atoms with Crippen molar-refractivity contribution < 1.29 is 9.53 Å². The van der Waals surface area contributed by atoms with Gasteiger partial charge in [-0.1, -0.05) is 30.3 Å². The number of carbonyl (C=O) groups excluding carboxylic acids is 1. The van der Waals surface area contributed by atoms with Gasteiger partial charge in [0.05, 0.1) is 12.8 Å². The van der Waals surface area contributed by atoms with Gasteiger partial charge in [-0.3, -0.25) is 0 Å². The van der Waals surface area contributed by atoms with Crippen molar-refractivity contribution >= 4 is 11.8 Å². The third-order valence-corrected chi connectivity index (χ3v) is 4.01. The molecule has 4 heteroatoms. The number of hydrogen-bond donors (Lipinski definition) is 0. The second kappa shape index (κ2) is 6.60. The fourth-order valence-electron chi connectivity index (χ4n) is 2.83. The molecule has 0 unspecified atom stereocenters. The molecule has 0 radical (unpaired) electrons. The number of benzene rings is 1. The zero-order chi connectivity index (χ0) is 15.4. The third-order valence-electron chi connectivity index (χ3n) is 4.01. The van der Waals surface area contributed by atoms with Gasteiger partial charge in [0.1, 0.15) is 11.4 Å². The molecule has 0 amide bonds. The quantitative estimate of drug-likeness (QED) is 0.813. The highest BCUT2D eigenvalue weighted by molar-refractivity contribution is 5.95. The van der Waals surface area contributed by atoms with Gasteiger partial charge in [0.15, 0.2) is 0 Å². The molecule has 4 nitrogen and oxygen atoms in total. The molecule has 2 heterocycles. The monoisotopic (exact) mass is 296 g/mol. The van der Waals surface area contributed by atoms with Crippen LogP contribution in [0.1, 0.15) is 29.6 Å². The molecule has 3 rings (SSSR count). The molecule has 1 aromatic heterocycles. The number of methoxy groups -OCH3 is 1. The van der Waals surface area contributed by atoms with Gasteiger partial charge >= 0.3 is 5.97 Å². The normalized spacial score (nSPS) is 14.7. The van der Waals surface area contributed by atoms with E-state index >= 15 is 0 Å². The summed E-state index contributed by atoms with van der Waals surface area (Å²) in [5, 5.41) is 0. The van der Waals surface area contributed by atoms with Crippen molar-refractivity contribution in [2.45, 2.75) is 19.3 Å². The van der Waals surface area contributed by atoms with Crippen molar-refractivity contribution in [2.75, 3.05) is 25.1 Å². The predicted molar refractivity (Wildman–Crippen MR) is 87.1 cm³/mol. The van der Waals surface area contributed by atoms with Gasteiger partial charge in [-0.25, -0.2) is 9.78 Å². The highest BCUT2D eigenvalue weighted by Crippen LogP contribution is 2.27. The molecular formula is C18H20N2O2. The molecule has 1 aromatic carbocycles. The average molecular weight is 296 g/mol. The van der Waals surface area contributed by atoms with Crippen LogP contribution in [0, 0.1) is 0 Å². The average Bonchev–Trinajstić information content (AvgIpc) is 2.62. The molecule has 0 aliphatic carbocycles. The molecule has 1 aliphatic rings. The first kappa shape index (κ1) is 14.6. The number of anilines is 1. The molecule has 1 aliphatic heterocycles. The molecule has 0 atom stereocenters. The lowest BCUT2D eigenvalue weighted by Gasteiger charge is -2.29. The Morgan fingerprint density at radius 1 is 1.05 bits per heavy atom. The molecule has 0 spiro atoms. The molecule has 22 heavy (non-hydrogen) atoms. The third kappa shape index (κ3) is 2.96. The van der Waals surface area contributed by atoms with Crippen LogP contribution in [-0.2, 0) is 4.74 Å². The van der Waals surface area contributed by atoms with Crippen LogP contribution in [0.5, 0.6) is 0 Å². The topological polar surface area (TPSA) is 42.4 Å². The van der Waals surface area contributed by atoms with Crippen LogP contribution in [-0.4, -0.2) is 31.2 Å². The summed E-state index contributed by atoms with van der Waals surface area (Å²) in [6.07, 6.45) is 3.51. The number of rotatable bonds is 3. The van der Waals surface area contributed by atoms with Crippen LogP contribution in [0.2, 0.25) is 0 Å². The van der Waals surface area contributed by atoms with Crippen LogP contribution in [0.4, 0.5) is 5.82 Å². The number of piperidine rings is 1. The Balaban J connectivity index is 2.03. The second-order valence-electron chi connectivity index (χ2n) is 5.47. The lowest BCUT2D eigenvalue weighted by Crippen LogP contribution is -2.31. The van der Waals surface area contributed by atoms with Crippen molar-refractivity contribution in [1.29, 1.82) is 0 Å². The minimum Gasteiger partial charge on any atom is -0.465 e. The number of esters is 1. The lowest BCUT2D eigenvalue weighted by molar-refractivity contribution is 0.0601. The van der Waals surface area contributed by atoms with Gasteiger partial charge in [-0.2, -0.15) is 0 Å². The van der Waals surface area contributed by atoms with Crippen molar-refractivity contribution in [2.24, 2.45) is 0 Å². The maximum atomic E-state index is 12.0. The minimum atomic E-state index is -0.326. The molecule has 114 valence electrons. The van der Waals surface area contributed by atoms with Crippen molar-refractivity contribution in [3.05, 3.63) is 48.0 Å². The largest absolute Gasteiger partial charge is 0.465 e. The molecular weight excluding hydrogens is 276 g/mol. The number of ether oxygens (including phenoxy) is 1. The van der Waals surface area contributed by atoms with Gasteiger partial charge in [-0.05, 0) is 31.4 Å².